The predicted octanol–water partition coefficient (Wildman–Crippen LogP) is 2.97. The number of fused-ring (bicyclic) bond motifs is 1. The van der Waals surface area contributed by atoms with Crippen LogP contribution in [-0.2, 0) is 26.0 Å². The fourth-order valence-electron chi connectivity index (χ4n) is 4.07. The second kappa shape index (κ2) is 9.67. The molecular formula is C22H26ClN3O4S. The summed E-state index contributed by atoms with van der Waals surface area (Å²) in [4.78, 5) is 12.7. The van der Waals surface area contributed by atoms with E-state index in [1.807, 2.05) is 12.1 Å². The third kappa shape index (κ3) is 5.10. The van der Waals surface area contributed by atoms with Crippen LogP contribution in [-0.4, -0.2) is 51.5 Å². The van der Waals surface area contributed by atoms with Gasteiger partial charge in [-0.05, 0) is 48.6 Å². The molecule has 0 saturated carbocycles. The van der Waals surface area contributed by atoms with Crippen molar-refractivity contribution in [1.29, 1.82) is 0 Å². The number of anilines is 1. The number of rotatable bonds is 6. The Morgan fingerprint density at radius 2 is 1.94 bits per heavy atom. The molecule has 1 fully saturated rings. The first-order valence-corrected chi connectivity index (χ1v) is 12.3. The van der Waals surface area contributed by atoms with E-state index < -0.39 is 10.0 Å². The molecule has 0 spiro atoms. The molecule has 1 unspecified atom stereocenters. The van der Waals surface area contributed by atoms with Gasteiger partial charge in [0.2, 0.25) is 15.9 Å². The Morgan fingerprint density at radius 3 is 2.74 bits per heavy atom. The number of sulfonamides is 1. The molecular weight excluding hydrogens is 438 g/mol. The second-order valence-corrected chi connectivity index (χ2v) is 10.1. The SMILES string of the molecule is O=C(CNC1CCCc2ccccc21)Nc1cc(S(=O)(=O)N2CCOCC2)ccc1Cl. The van der Waals surface area contributed by atoms with Gasteiger partial charge in [0.1, 0.15) is 0 Å². The molecule has 2 aromatic carbocycles. The Labute approximate surface area is 187 Å². The highest BCUT2D eigenvalue weighted by Crippen LogP contribution is 2.30. The van der Waals surface area contributed by atoms with Gasteiger partial charge in [-0.2, -0.15) is 4.31 Å². The van der Waals surface area contributed by atoms with E-state index in [0.717, 1.165) is 19.3 Å². The molecule has 31 heavy (non-hydrogen) atoms. The number of nitrogens with one attached hydrogen (secondary N) is 2. The van der Waals surface area contributed by atoms with Crippen LogP contribution >= 0.6 is 11.6 Å². The highest BCUT2D eigenvalue weighted by Gasteiger charge is 2.27. The van der Waals surface area contributed by atoms with Crippen LogP contribution in [0.5, 0.6) is 0 Å². The molecule has 2 N–H and O–H groups in total. The van der Waals surface area contributed by atoms with Gasteiger partial charge in [0.05, 0.1) is 35.4 Å². The van der Waals surface area contributed by atoms with Crippen LogP contribution in [0, 0.1) is 0 Å². The van der Waals surface area contributed by atoms with E-state index in [4.69, 9.17) is 16.3 Å². The Hall–Kier alpha value is -1.97. The molecule has 2 aromatic rings. The van der Waals surface area contributed by atoms with Crippen molar-refractivity contribution in [3.63, 3.8) is 0 Å². The largest absolute Gasteiger partial charge is 0.379 e. The third-order valence-electron chi connectivity index (χ3n) is 5.70. The minimum atomic E-state index is -3.67. The van der Waals surface area contributed by atoms with Crippen LogP contribution in [0.25, 0.3) is 0 Å². The number of benzene rings is 2. The Bertz CT molecular complexity index is 1050. The maximum absolute atomic E-state index is 12.9. The van der Waals surface area contributed by atoms with E-state index in [2.05, 4.69) is 22.8 Å². The molecule has 0 bridgehead atoms. The average Bonchev–Trinajstić information content (AvgIpc) is 2.79. The van der Waals surface area contributed by atoms with Crippen LogP contribution in [0.2, 0.25) is 5.02 Å². The lowest BCUT2D eigenvalue weighted by Crippen LogP contribution is -2.40. The average molecular weight is 464 g/mol. The normalized spacial score (nSPS) is 19.6. The number of aryl methyl sites for hydroxylation is 1. The van der Waals surface area contributed by atoms with Crippen molar-refractivity contribution in [2.45, 2.75) is 30.2 Å². The van der Waals surface area contributed by atoms with Gasteiger partial charge in [-0.15, -0.1) is 0 Å². The molecule has 4 rings (SSSR count). The molecule has 2 aliphatic rings. The van der Waals surface area contributed by atoms with Crippen molar-refractivity contribution in [3.05, 3.63) is 58.6 Å². The molecule has 1 saturated heterocycles. The second-order valence-electron chi connectivity index (χ2n) is 7.73. The third-order valence-corrected chi connectivity index (χ3v) is 7.92. The summed E-state index contributed by atoms with van der Waals surface area (Å²) in [6.07, 6.45) is 3.10. The molecule has 0 aromatic heterocycles. The standard InChI is InChI=1S/C22H26ClN3O4S/c23-19-9-8-17(31(28,29)26-10-12-30-13-11-26)14-21(19)25-22(27)15-24-20-7-3-5-16-4-1-2-6-18(16)20/h1-2,4,6,8-9,14,20,24H,3,5,7,10-13,15H2,(H,25,27). The summed E-state index contributed by atoms with van der Waals surface area (Å²) in [6.45, 7) is 1.45. The molecule has 0 radical (unpaired) electrons. The lowest BCUT2D eigenvalue weighted by molar-refractivity contribution is -0.115. The van der Waals surface area contributed by atoms with Crippen molar-refractivity contribution < 1.29 is 17.9 Å². The van der Waals surface area contributed by atoms with Gasteiger partial charge in [-0.25, -0.2) is 8.42 Å². The summed E-state index contributed by atoms with van der Waals surface area (Å²) >= 11 is 6.23. The van der Waals surface area contributed by atoms with Crippen molar-refractivity contribution in [3.8, 4) is 0 Å². The van der Waals surface area contributed by atoms with Gasteiger partial charge in [-0.1, -0.05) is 35.9 Å². The van der Waals surface area contributed by atoms with Crippen LogP contribution in [0.15, 0.2) is 47.4 Å². The number of hydrogen-bond donors (Lipinski definition) is 2. The number of ether oxygens (including phenoxy) is 1. The summed E-state index contributed by atoms with van der Waals surface area (Å²) in [5.74, 6) is -0.272. The van der Waals surface area contributed by atoms with Crippen molar-refractivity contribution in [1.82, 2.24) is 9.62 Å². The molecule has 1 amide bonds. The summed E-state index contributed by atoms with van der Waals surface area (Å²) < 4.78 is 32.4. The summed E-state index contributed by atoms with van der Waals surface area (Å²) in [5, 5.41) is 6.36. The van der Waals surface area contributed by atoms with Gasteiger partial charge >= 0.3 is 0 Å². The van der Waals surface area contributed by atoms with E-state index in [1.54, 1.807) is 0 Å². The summed E-state index contributed by atoms with van der Waals surface area (Å²) in [6, 6.07) is 12.8. The fourth-order valence-corrected chi connectivity index (χ4v) is 5.67. The zero-order valence-corrected chi connectivity index (χ0v) is 18.7. The van der Waals surface area contributed by atoms with Gasteiger partial charge in [0, 0.05) is 19.1 Å². The van der Waals surface area contributed by atoms with E-state index >= 15 is 0 Å². The molecule has 166 valence electrons. The topological polar surface area (TPSA) is 87.7 Å². The number of carbonyl (C=O) groups is 1. The Morgan fingerprint density at radius 1 is 1.16 bits per heavy atom. The molecule has 1 atom stereocenters. The predicted molar refractivity (Wildman–Crippen MR) is 120 cm³/mol. The smallest absolute Gasteiger partial charge is 0.243 e. The number of amides is 1. The van der Waals surface area contributed by atoms with E-state index in [9.17, 15) is 13.2 Å². The van der Waals surface area contributed by atoms with Crippen LogP contribution in [0.1, 0.15) is 30.0 Å². The number of halogens is 1. The lowest BCUT2D eigenvalue weighted by Gasteiger charge is -2.26. The zero-order valence-electron chi connectivity index (χ0n) is 17.1. The monoisotopic (exact) mass is 463 g/mol. The number of carbonyl (C=O) groups excluding carboxylic acids is 1. The molecule has 7 nitrogen and oxygen atoms in total. The van der Waals surface area contributed by atoms with Crippen LogP contribution in [0.4, 0.5) is 5.69 Å². The molecule has 1 heterocycles. The van der Waals surface area contributed by atoms with Crippen LogP contribution in [0.3, 0.4) is 0 Å². The summed E-state index contributed by atoms with van der Waals surface area (Å²) in [7, 11) is -3.67. The molecule has 1 aliphatic carbocycles. The first-order chi connectivity index (χ1) is 14.9. The first kappa shape index (κ1) is 22.2. The van der Waals surface area contributed by atoms with E-state index in [-0.39, 0.29) is 34.1 Å². The number of morpholine rings is 1. The fraction of sp³-hybridized carbons (Fsp3) is 0.409. The quantitative estimate of drug-likeness (QED) is 0.687. The Balaban J connectivity index is 1.42. The summed E-state index contributed by atoms with van der Waals surface area (Å²) in [5.41, 5.74) is 2.83. The first-order valence-electron chi connectivity index (χ1n) is 10.4. The van der Waals surface area contributed by atoms with Crippen molar-refractivity contribution in [2.24, 2.45) is 0 Å². The highest BCUT2D eigenvalue weighted by molar-refractivity contribution is 7.89. The number of hydrogen-bond acceptors (Lipinski definition) is 5. The Kier molecular flexibility index (Phi) is 6.93. The zero-order chi connectivity index (χ0) is 21.8. The van der Waals surface area contributed by atoms with Gasteiger partial charge in [-0.3, -0.25) is 4.79 Å². The maximum atomic E-state index is 12.9. The number of nitrogens with zero attached hydrogens (tertiary/aromatic N) is 1. The van der Waals surface area contributed by atoms with E-state index in [0.29, 0.717) is 26.3 Å². The van der Waals surface area contributed by atoms with E-state index in [1.165, 1.54) is 33.6 Å². The van der Waals surface area contributed by atoms with Gasteiger partial charge in [0.15, 0.2) is 0 Å². The minimum absolute atomic E-state index is 0.100. The highest BCUT2D eigenvalue weighted by atomic mass is 35.5. The van der Waals surface area contributed by atoms with Crippen LogP contribution < -0.4 is 10.6 Å². The molecule has 1 aliphatic heterocycles. The van der Waals surface area contributed by atoms with Gasteiger partial charge < -0.3 is 15.4 Å². The van der Waals surface area contributed by atoms with Gasteiger partial charge in [0.25, 0.3) is 0 Å². The van der Waals surface area contributed by atoms with Crippen molar-refractivity contribution >= 4 is 33.2 Å². The van der Waals surface area contributed by atoms with Crippen molar-refractivity contribution in [2.75, 3.05) is 38.2 Å². The maximum Gasteiger partial charge on any atom is 0.243 e. The lowest BCUT2D eigenvalue weighted by atomic mass is 9.88. The minimum Gasteiger partial charge on any atom is -0.379 e. The molecule has 9 heteroatoms.